The number of carbonyl (C=O) groups is 1. The average Bonchev–Trinajstić information content (AvgIpc) is 2.11. The molecule has 1 aromatic carbocycles. The van der Waals surface area contributed by atoms with Crippen LogP contribution in [-0.4, -0.2) is 17.6 Å². The Morgan fingerprint density at radius 3 is 2.80 bits per heavy atom. The molecule has 80 valence electrons. The zero-order valence-electron chi connectivity index (χ0n) is 8.16. The summed E-state index contributed by atoms with van der Waals surface area (Å²) < 4.78 is 0.985. The van der Waals surface area contributed by atoms with Crippen molar-refractivity contribution in [1.29, 1.82) is 0 Å². The molecule has 2 N–H and O–H groups in total. The first-order valence-corrected chi connectivity index (χ1v) is 5.65. The molecule has 0 aliphatic carbocycles. The van der Waals surface area contributed by atoms with E-state index in [1.165, 1.54) is 0 Å². The molecule has 1 aliphatic rings. The zero-order chi connectivity index (χ0) is 10.9. The van der Waals surface area contributed by atoms with Crippen LogP contribution >= 0.6 is 15.9 Å². The van der Waals surface area contributed by atoms with E-state index in [0.717, 1.165) is 23.0 Å². The van der Waals surface area contributed by atoms with Crippen molar-refractivity contribution in [3.05, 3.63) is 34.3 Å². The first-order valence-electron chi connectivity index (χ1n) is 4.85. The Balaban J connectivity index is 2.29. The van der Waals surface area contributed by atoms with Gasteiger partial charge in [-0.05, 0) is 30.7 Å². The topological polar surface area (TPSA) is 49.3 Å². The van der Waals surface area contributed by atoms with Crippen LogP contribution in [0.4, 0.5) is 0 Å². The van der Waals surface area contributed by atoms with E-state index in [1.807, 2.05) is 24.3 Å². The molecule has 0 bridgehead atoms. The molecule has 3 nitrogen and oxygen atoms in total. The minimum Gasteiger partial charge on any atom is -0.481 e. The van der Waals surface area contributed by atoms with Gasteiger partial charge in [0.15, 0.2) is 0 Å². The third-order valence-electron chi connectivity index (χ3n) is 2.85. The van der Waals surface area contributed by atoms with Crippen molar-refractivity contribution in [3.63, 3.8) is 0 Å². The van der Waals surface area contributed by atoms with Gasteiger partial charge in [-0.25, -0.2) is 0 Å². The van der Waals surface area contributed by atoms with Gasteiger partial charge in [-0.15, -0.1) is 0 Å². The van der Waals surface area contributed by atoms with E-state index < -0.39 is 5.97 Å². The van der Waals surface area contributed by atoms with E-state index in [4.69, 9.17) is 5.11 Å². The summed E-state index contributed by atoms with van der Waals surface area (Å²) in [5.74, 6) is -0.762. The van der Waals surface area contributed by atoms with Gasteiger partial charge in [0.25, 0.3) is 0 Å². The van der Waals surface area contributed by atoms with E-state index in [-0.39, 0.29) is 12.0 Å². The van der Waals surface area contributed by atoms with Crippen molar-refractivity contribution in [2.75, 3.05) is 6.54 Å². The van der Waals surface area contributed by atoms with Gasteiger partial charge in [0.2, 0.25) is 0 Å². The minimum absolute atomic E-state index is 0.142. The summed E-state index contributed by atoms with van der Waals surface area (Å²) in [5, 5.41) is 12.1. The Bertz CT molecular complexity index is 388. The molecule has 1 aromatic rings. The number of halogens is 1. The molecule has 2 rings (SSSR count). The normalized spacial score (nSPS) is 24.6. The number of carboxylic acid groups (broad SMARTS) is 1. The molecule has 0 amide bonds. The maximum absolute atomic E-state index is 10.8. The smallest absolute Gasteiger partial charge is 0.305 e. The third-order valence-corrected chi connectivity index (χ3v) is 3.34. The van der Waals surface area contributed by atoms with Gasteiger partial charge in [-0.2, -0.15) is 0 Å². The quantitative estimate of drug-likeness (QED) is 0.884. The summed E-state index contributed by atoms with van der Waals surface area (Å²) in [5.41, 5.74) is 0.695. The van der Waals surface area contributed by atoms with Crippen LogP contribution in [0.3, 0.4) is 0 Å². The van der Waals surface area contributed by atoms with Crippen LogP contribution in [-0.2, 0) is 10.3 Å². The summed E-state index contributed by atoms with van der Waals surface area (Å²) in [6.07, 6.45) is 1.03. The van der Waals surface area contributed by atoms with E-state index in [0.29, 0.717) is 0 Å². The Morgan fingerprint density at radius 2 is 2.33 bits per heavy atom. The van der Waals surface area contributed by atoms with Gasteiger partial charge in [0, 0.05) is 4.47 Å². The molecule has 1 unspecified atom stereocenters. The van der Waals surface area contributed by atoms with Crippen LogP contribution in [0.15, 0.2) is 28.7 Å². The summed E-state index contributed by atoms with van der Waals surface area (Å²) in [4.78, 5) is 10.8. The number of carboxylic acids is 1. The lowest BCUT2D eigenvalue weighted by Gasteiger charge is -2.42. The summed E-state index contributed by atoms with van der Waals surface area (Å²) in [7, 11) is 0. The summed E-state index contributed by atoms with van der Waals surface area (Å²) >= 11 is 3.40. The van der Waals surface area contributed by atoms with Gasteiger partial charge < -0.3 is 10.4 Å². The highest BCUT2D eigenvalue weighted by Gasteiger charge is 2.40. The van der Waals surface area contributed by atoms with E-state index in [2.05, 4.69) is 21.2 Å². The Kier molecular flexibility index (Phi) is 2.80. The van der Waals surface area contributed by atoms with Crippen LogP contribution in [0, 0.1) is 0 Å². The number of rotatable bonds is 3. The Hall–Kier alpha value is -0.870. The zero-order valence-corrected chi connectivity index (χ0v) is 9.75. The highest BCUT2D eigenvalue weighted by atomic mass is 79.9. The number of hydrogen-bond donors (Lipinski definition) is 2. The summed E-state index contributed by atoms with van der Waals surface area (Å²) in [6.45, 7) is 0.889. The SMILES string of the molecule is O=C(O)CC1(c2cccc(Br)c2)CCN1. The predicted molar refractivity (Wildman–Crippen MR) is 60.7 cm³/mol. The lowest BCUT2D eigenvalue weighted by atomic mass is 9.78. The van der Waals surface area contributed by atoms with Gasteiger partial charge in [0.05, 0.1) is 12.0 Å². The molecule has 1 fully saturated rings. The second-order valence-corrected chi connectivity index (χ2v) is 4.76. The molecule has 0 spiro atoms. The van der Waals surface area contributed by atoms with Gasteiger partial charge >= 0.3 is 5.97 Å². The highest BCUT2D eigenvalue weighted by molar-refractivity contribution is 9.10. The molecule has 0 aromatic heterocycles. The van der Waals surface area contributed by atoms with Crippen molar-refractivity contribution in [2.24, 2.45) is 0 Å². The van der Waals surface area contributed by atoms with Crippen molar-refractivity contribution in [2.45, 2.75) is 18.4 Å². The predicted octanol–water partition coefficient (Wildman–Crippen LogP) is 2.11. The fourth-order valence-corrected chi connectivity index (χ4v) is 2.37. The molecular formula is C11H12BrNO2. The minimum atomic E-state index is -0.762. The maximum Gasteiger partial charge on any atom is 0.305 e. The van der Waals surface area contributed by atoms with Crippen LogP contribution in [0.2, 0.25) is 0 Å². The number of nitrogens with one attached hydrogen (secondary N) is 1. The molecule has 15 heavy (non-hydrogen) atoms. The Labute approximate surface area is 96.6 Å². The summed E-state index contributed by atoms with van der Waals surface area (Å²) in [6, 6.07) is 7.83. The Morgan fingerprint density at radius 1 is 1.60 bits per heavy atom. The van der Waals surface area contributed by atoms with Crippen molar-refractivity contribution in [3.8, 4) is 0 Å². The van der Waals surface area contributed by atoms with Crippen LogP contribution < -0.4 is 5.32 Å². The first-order chi connectivity index (χ1) is 7.12. The number of aliphatic carboxylic acids is 1. The average molecular weight is 270 g/mol. The monoisotopic (exact) mass is 269 g/mol. The molecule has 0 saturated carbocycles. The molecule has 1 saturated heterocycles. The lowest BCUT2D eigenvalue weighted by molar-refractivity contribution is -0.139. The molecule has 1 heterocycles. The highest BCUT2D eigenvalue weighted by Crippen LogP contribution is 2.35. The fourth-order valence-electron chi connectivity index (χ4n) is 1.97. The second-order valence-electron chi connectivity index (χ2n) is 3.84. The van der Waals surface area contributed by atoms with Crippen molar-refractivity contribution in [1.82, 2.24) is 5.32 Å². The number of hydrogen-bond acceptors (Lipinski definition) is 2. The van der Waals surface area contributed by atoms with Crippen LogP contribution in [0.1, 0.15) is 18.4 Å². The fraction of sp³-hybridized carbons (Fsp3) is 0.364. The van der Waals surface area contributed by atoms with Gasteiger partial charge in [-0.1, -0.05) is 28.1 Å². The third kappa shape index (κ3) is 2.06. The maximum atomic E-state index is 10.8. The number of benzene rings is 1. The van der Waals surface area contributed by atoms with E-state index in [1.54, 1.807) is 0 Å². The van der Waals surface area contributed by atoms with Crippen molar-refractivity contribution < 1.29 is 9.90 Å². The second kappa shape index (κ2) is 3.94. The van der Waals surface area contributed by atoms with Gasteiger partial charge in [0.1, 0.15) is 0 Å². The van der Waals surface area contributed by atoms with Crippen LogP contribution in [0.5, 0.6) is 0 Å². The molecule has 1 atom stereocenters. The molecule has 0 radical (unpaired) electrons. The molecule has 4 heteroatoms. The lowest BCUT2D eigenvalue weighted by Crippen LogP contribution is -2.55. The molecular weight excluding hydrogens is 258 g/mol. The van der Waals surface area contributed by atoms with E-state index >= 15 is 0 Å². The van der Waals surface area contributed by atoms with E-state index in [9.17, 15) is 4.79 Å². The molecule has 1 aliphatic heterocycles. The van der Waals surface area contributed by atoms with Crippen molar-refractivity contribution >= 4 is 21.9 Å². The standard InChI is InChI=1S/C11H12BrNO2/c12-9-3-1-2-8(6-9)11(4-5-13-11)7-10(14)15/h1-3,6,13H,4-5,7H2,(H,14,15). The first kappa shape index (κ1) is 10.6. The van der Waals surface area contributed by atoms with Crippen LogP contribution in [0.25, 0.3) is 0 Å². The largest absolute Gasteiger partial charge is 0.481 e. The van der Waals surface area contributed by atoms with Gasteiger partial charge in [-0.3, -0.25) is 4.79 Å².